The molecule has 0 aromatic heterocycles. The maximum atomic E-state index is 11.6. The molecule has 2 atom stereocenters. The molecule has 0 amide bonds. The Hall–Kier alpha value is -1.77. The molecule has 1 saturated heterocycles. The van der Waals surface area contributed by atoms with Crippen LogP contribution in [0.25, 0.3) is 0 Å². The Labute approximate surface area is 99.4 Å². The van der Waals surface area contributed by atoms with Crippen LogP contribution in [-0.4, -0.2) is 30.9 Å². The third kappa shape index (κ3) is 3.09. The van der Waals surface area contributed by atoms with Crippen LogP contribution >= 0.6 is 0 Å². The molecule has 1 aliphatic heterocycles. The second-order valence-electron chi connectivity index (χ2n) is 4.41. The maximum absolute atomic E-state index is 11.6. The SMILES string of the molecule is CCC(C)(C)C(=O)OCC1OC(=O)OC1C#N. The first-order valence-electron chi connectivity index (χ1n) is 5.35. The first-order valence-corrected chi connectivity index (χ1v) is 5.35. The highest BCUT2D eigenvalue weighted by atomic mass is 16.8. The minimum absolute atomic E-state index is 0.160. The number of cyclic esters (lactones) is 2. The lowest BCUT2D eigenvalue weighted by Crippen LogP contribution is -2.32. The van der Waals surface area contributed by atoms with E-state index < -0.39 is 23.8 Å². The number of nitrogens with zero attached hydrogens (tertiary/aromatic N) is 1. The molecule has 6 heteroatoms. The van der Waals surface area contributed by atoms with E-state index in [1.807, 2.05) is 6.92 Å². The molecule has 94 valence electrons. The monoisotopic (exact) mass is 241 g/mol. The minimum Gasteiger partial charge on any atom is -0.461 e. The Morgan fingerprint density at radius 2 is 2.18 bits per heavy atom. The van der Waals surface area contributed by atoms with Gasteiger partial charge in [-0.1, -0.05) is 6.92 Å². The summed E-state index contributed by atoms with van der Waals surface area (Å²) < 4.78 is 14.3. The predicted octanol–water partition coefficient (Wildman–Crippen LogP) is 1.39. The molecular formula is C11H15NO5. The average Bonchev–Trinajstić information content (AvgIpc) is 2.66. The minimum atomic E-state index is -1.01. The van der Waals surface area contributed by atoms with E-state index >= 15 is 0 Å². The molecule has 0 aromatic carbocycles. The number of carbonyl (C=O) groups excluding carboxylic acids is 2. The van der Waals surface area contributed by atoms with E-state index in [1.165, 1.54) is 0 Å². The smallest absolute Gasteiger partial charge is 0.461 e. The quantitative estimate of drug-likeness (QED) is 0.691. The summed E-state index contributed by atoms with van der Waals surface area (Å²) in [5, 5.41) is 8.68. The van der Waals surface area contributed by atoms with Gasteiger partial charge in [0, 0.05) is 0 Å². The number of ether oxygens (including phenoxy) is 3. The average molecular weight is 241 g/mol. The zero-order valence-electron chi connectivity index (χ0n) is 10.1. The zero-order valence-corrected chi connectivity index (χ0v) is 10.1. The summed E-state index contributed by atoms with van der Waals surface area (Å²) >= 11 is 0. The molecule has 0 bridgehead atoms. The predicted molar refractivity (Wildman–Crippen MR) is 55.8 cm³/mol. The van der Waals surface area contributed by atoms with Gasteiger partial charge >= 0.3 is 12.1 Å². The Balaban J connectivity index is 2.49. The number of hydrogen-bond acceptors (Lipinski definition) is 6. The fraction of sp³-hybridized carbons (Fsp3) is 0.727. The third-order valence-electron chi connectivity index (χ3n) is 2.75. The molecule has 0 saturated carbocycles. The molecule has 2 unspecified atom stereocenters. The normalized spacial score (nSPS) is 23.5. The van der Waals surface area contributed by atoms with Crippen LogP contribution in [0.5, 0.6) is 0 Å². The van der Waals surface area contributed by atoms with Crippen LogP contribution in [-0.2, 0) is 19.0 Å². The van der Waals surface area contributed by atoms with Crippen molar-refractivity contribution >= 4 is 12.1 Å². The maximum Gasteiger partial charge on any atom is 0.510 e. The summed E-state index contributed by atoms with van der Waals surface area (Å²) in [5.41, 5.74) is -0.592. The Morgan fingerprint density at radius 1 is 1.53 bits per heavy atom. The molecule has 0 aliphatic carbocycles. The lowest BCUT2D eigenvalue weighted by molar-refractivity contribution is -0.156. The summed E-state index contributed by atoms with van der Waals surface area (Å²) in [6, 6.07) is 1.76. The van der Waals surface area contributed by atoms with Crippen molar-refractivity contribution in [1.82, 2.24) is 0 Å². The Kier molecular flexibility index (Phi) is 3.94. The van der Waals surface area contributed by atoms with Crippen molar-refractivity contribution in [1.29, 1.82) is 5.26 Å². The van der Waals surface area contributed by atoms with Gasteiger partial charge in [-0.2, -0.15) is 5.26 Å². The van der Waals surface area contributed by atoms with Crippen LogP contribution in [0.4, 0.5) is 4.79 Å². The van der Waals surface area contributed by atoms with E-state index in [0.29, 0.717) is 6.42 Å². The van der Waals surface area contributed by atoms with Gasteiger partial charge in [-0.3, -0.25) is 4.79 Å². The molecule has 1 fully saturated rings. The molecule has 0 radical (unpaired) electrons. The van der Waals surface area contributed by atoms with Crippen molar-refractivity contribution in [3.8, 4) is 6.07 Å². The van der Waals surface area contributed by atoms with Crippen molar-refractivity contribution < 1.29 is 23.8 Å². The fourth-order valence-corrected chi connectivity index (χ4v) is 1.12. The van der Waals surface area contributed by atoms with Crippen LogP contribution in [0.3, 0.4) is 0 Å². The van der Waals surface area contributed by atoms with Gasteiger partial charge in [0.2, 0.25) is 6.10 Å². The van der Waals surface area contributed by atoms with Gasteiger partial charge in [0.05, 0.1) is 5.41 Å². The van der Waals surface area contributed by atoms with Crippen LogP contribution < -0.4 is 0 Å². The lowest BCUT2D eigenvalue weighted by Gasteiger charge is -2.21. The molecular weight excluding hydrogens is 226 g/mol. The van der Waals surface area contributed by atoms with E-state index in [0.717, 1.165) is 0 Å². The van der Waals surface area contributed by atoms with Crippen LogP contribution in [0, 0.1) is 16.7 Å². The van der Waals surface area contributed by atoms with Crippen LogP contribution in [0.2, 0.25) is 0 Å². The first-order chi connectivity index (χ1) is 7.90. The van der Waals surface area contributed by atoms with E-state index in [-0.39, 0.29) is 12.6 Å². The summed E-state index contributed by atoms with van der Waals surface area (Å²) in [7, 11) is 0. The van der Waals surface area contributed by atoms with Crippen molar-refractivity contribution in [3.05, 3.63) is 0 Å². The zero-order chi connectivity index (χ0) is 13.1. The third-order valence-corrected chi connectivity index (χ3v) is 2.75. The number of rotatable bonds is 4. The number of nitriles is 1. The molecule has 1 rings (SSSR count). The Morgan fingerprint density at radius 3 is 2.71 bits per heavy atom. The van der Waals surface area contributed by atoms with Gasteiger partial charge in [0.25, 0.3) is 0 Å². The molecule has 0 spiro atoms. The second-order valence-corrected chi connectivity index (χ2v) is 4.41. The first kappa shape index (κ1) is 13.3. The molecule has 0 aromatic rings. The van der Waals surface area contributed by atoms with E-state index in [1.54, 1.807) is 19.9 Å². The van der Waals surface area contributed by atoms with Crippen molar-refractivity contribution in [3.63, 3.8) is 0 Å². The van der Waals surface area contributed by atoms with Gasteiger partial charge in [-0.05, 0) is 20.3 Å². The van der Waals surface area contributed by atoms with Crippen molar-refractivity contribution in [2.45, 2.75) is 39.4 Å². The van der Waals surface area contributed by atoms with Crippen molar-refractivity contribution in [2.75, 3.05) is 6.61 Å². The molecule has 17 heavy (non-hydrogen) atoms. The van der Waals surface area contributed by atoms with Gasteiger partial charge in [0.15, 0.2) is 6.10 Å². The van der Waals surface area contributed by atoms with Gasteiger partial charge in [0.1, 0.15) is 12.7 Å². The number of carbonyl (C=O) groups is 2. The summed E-state index contributed by atoms with van der Waals surface area (Å²) in [6.45, 7) is 5.23. The molecule has 1 aliphatic rings. The highest BCUT2D eigenvalue weighted by Crippen LogP contribution is 2.22. The van der Waals surface area contributed by atoms with Crippen molar-refractivity contribution in [2.24, 2.45) is 5.41 Å². The van der Waals surface area contributed by atoms with E-state index in [2.05, 4.69) is 4.74 Å². The largest absolute Gasteiger partial charge is 0.510 e. The number of esters is 1. The Bertz CT molecular complexity index is 357. The van der Waals surface area contributed by atoms with E-state index in [9.17, 15) is 9.59 Å². The highest BCUT2D eigenvalue weighted by molar-refractivity contribution is 5.75. The van der Waals surface area contributed by atoms with E-state index in [4.69, 9.17) is 14.7 Å². The molecule has 1 heterocycles. The fourth-order valence-electron chi connectivity index (χ4n) is 1.12. The van der Waals surface area contributed by atoms with Crippen LogP contribution in [0.1, 0.15) is 27.2 Å². The topological polar surface area (TPSA) is 85.6 Å². The van der Waals surface area contributed by atoms with Gasteiger partial charge < -0.3 is 14.2 Å². The second kappa shape index (κ2) is 5.04. The molecule has 0 N–H and O–H groups in total. The lowest BCUT2D eigenvalue weighted by atomic mass is 9.91. The summed E-state index contributed by atoms with van der Waals surface area (Å²) in [5.74, 6) is -0.389. The summed E-state index contributed by atoms with van der Waals surface area (Å²) in [6.07, 6.45) is -2.13. The summed E-state index contributed by atoms with van der Waals surface area (Å²) in [4.78, 5) is 22.4. The standard InChI is InChI=1S/C11H15NO5/c1-4-11(2,3)9(13)15-6-8-7(5-12)16-10(14)17-8/h7-8H,4,6H2,1-3H3. The number of hydrogen-bond donors (Lipinski definition) is 0. The highest BCUT2D eigenvalue weighted by Gasteiger charge is 2.38. The molecule has 6 nitrogen and oxygen atoms in total. The van der Waals surface area contributed by atoms with Crippen LogP contribution in [0.15, 0.2) is 0 Å². The van der Waals surface area contributed by atoms with Gasteiger partial charge in [-0.15, -0.1) is 0 Å². The van der Waals surface area contributed by atoms with Gasteiger partial charge in [-0.25, -0.2) is 4.79 Å².